The van der Waals surface area contributed by atoms with E-state index in [-0.39, 0.29) is 19.3 Å². The van der Waals surface area contributed by atoms with Gasteiger partial charge in [0.15, 0.2) is 0 Å². The maximum absolute atomic E-state index is 13.2. The fourth-order valence-electron chi connectivity index (χ4n) is 3.56. The quantitative estimate of drug-likeness (QED) is 0.438. The highest BCUT2D eigenvalue weighted by Gasteiger charge is 2.34. The standard InChI is InChI=1S/C26H27N3O4/c30-24(18-20-8-3-1-4-9-20)29(25(31)19-21-10-5-2-6-11-21)23(26(32)33)12-7-15-28-22-13-16-27-17-14-22/h1-6,8-11,13-14,16-17,23H,7,12,15,18-19H2,(H,27,28)(H,32,33)/t23-/m1/s1. The molecule has 2 aromatic carbocycles. The summed E-state index contributed by atoms with van der Waals surface area (Å²) in [6.07, 6.45) is 3.85. The Balaban J connectivity index is 1.73. The van der Waals surface area contributed by atoms with Crippen molar-refractivity contribution in [1.29, 1.82) is 0 Å². The molecule has 3 aromatic rings. The SMILES string of the molecule is O=C(O)[C@@H](CCCNc1ccncc1)N(C(=O)Cc1ccccc1)C(=O)Cc1ccccc1. The van der Waals surface area contributed by atoms with E-state index in [2.05, 4.69) is 10.3 Å². The molecule has 0 unspecified atom stereocenters. The molecule has 3 rings (SSSR count). The predicted octanol–water partition coefficient (Wildman–Crippen LogP) is 3.57. The highest BCUT2D eigenvalue weighted by molar-refractivity contribution is 6.00. The first-order valence-corrected chi connectivity index (χ1v) is 10.8. The number of imide groups is 1. The number of pyridine rings is 1. The first-order valence-electron chi connectivity index (χ1n) is 10.8. The molecule has 0 saturated heterocycles. The third-order valence-electron chi connectivity index (χ3n) is 5.19. The number of benzene rings is 2. The Labute approximate surface area is 193 Å². The molecule has 7 nitrogen and oxygen atoms in total. The van der Waals surface area contributed by atoms with Crippen molar-refractivity contribution in [2.24, 2.45) is 0 Å². The Hall–Kier alpha value is -4.00. The van der Waals surface area contributed by atoms with Gasteiger partial charge in [0.05, 0.1) is 12.8 Å². The molecule has 0 bridgehead atoms. The lowest BCUT2D eigenvalue weighted by molar-refractivity contribution is -0.158. The molecule has 33 heavy (non-hydrogen) atoms. The van der Waals surface area contributed by atoms with Crippen molar-refractivity contribution < 1.29 is 19.5 Å². The Bertz CT molecular complexity index is 989. The molecule has 0 radical (unpaired) electrons. The van der Waals surface area contributed by atoms with Gasteiger partial charge in [-0.25, -0.2) is 4.79 Å². The van der Waals surface area contributed by atoms with Gasteiger partial charge in [0.2, 0.25) is 11.8 Å². The van der Waals surface area contributed by atoms with Gasteiger partial charge in [-0.2, -0.15) is 0 Å². The van der Waals surface area contributed by atoms with Crippen LogP contribution in [0.1, 0.15) is 24.0 Å². The summed E-state index contributed by atoms with van der Waals surface area (Å²) in [5, 5.41) is 13.1. The molecule has 0 aliphatic carbocycles. The van der Waals surface area contributed by atoms with Gasteiger partial charge in [0, 0.05) is 24.6 Å². The van der Waals surface area contributed by atoms with Gasteiger partial charge in [0.25, 0.3) is 0 Å². The summed E-state index contributed by atoms with van der Waals surface area (Å²) in [6, 6.07) is 20.4. The number of aromatic nitrogens is 1. The van der Waals surface area contributed by atoms with E-state index in [4.69, 9.17) is 0 Å². The van der Waals surface area contributed by atoms with E-state index in [0.717, 1.165) is 21.7 Å². The van der Waals surface area contributed by atoms with Crippen LogP contribution in [-0.2, 0) is 27.2 Å². The molecule has 7 heteroatoms. The van der Waals surface area contributed by atoms with E-state index in [0.29, 0.717) is 13.0 Å². The fourth-order valence-corrected chi connectivity index (χ4v) is 3.56. The number of aliphatic carboxylic acids is 1. The number of hydrogen-bond donors (Lipinski definition) is 2. The van der Waals surface area contributed by atoms with E-state index in [9.17, 15) is 19.5 Å². The zero-order valence-electron chi connectivity index (χ0n) is 18.3. The van der Waals surface area contributed by atoms with Crippen molar-refractivity contribution >= 4 is 23.5 Å². The molecule has 0 spiro atoms. The molecule has 1 aromatic heterocycles. The van der Waals surface area contributed by atoms with E-state index in [1.807, 2.05) is 24.3 Å². The lowest BCUT2D eigenvalue weighted by Crippen LogP contribution is -2.50. The number of amides is 2. The van der Waals surface area contributed by atoms with Crippen LogP contribution in [-0.4, -0.2) is 45.4 Å². The van der Waals surface area contributed by atoms with Crippen LogP contribution >= 0.6 is 0 Å². The number of nitrogens with one attached hydrogen (secondary N) is 1. The van der Waals surface area contributed by atoms with Gasteiger partial charge in [-0.05, 0) is 36.1 Å². The molecule has 170 valence electrons. The van der Waals surface area contributed by atoms with Gasteiger partial charge >= 0.3 is 5.97 Å². The van der Waals surface area contributed by atoms with Crippen LogP contribution in [0.3, 0.4) is 0 Å². The average Bonchev–Trinajstić information content (AvgIpc) is 2.82. The number of anilines is 1. The van der Waals surface area contributed by atoms with Crippen LogP contribution < -0.4 is 5.32 Å². The third kappa shape index (κ3) is 7.28. The van der Waals surface area contributed by atoms with Crippen LogP contribution in [0.4, 0.5) is 5.69 Å². The van der Waals surface area contributed by atoms with Crippen LogP contribution in [0, 0.1) is 0 Å². The molecule has 0 fully saturated rings. The summed E-state index contributed by atoms with van der Waals surface area (Å²) in [5.41, 5.74) is 2.32. The maximum Gasteiger partial charge on any atom is 0.326 e. The number of carboxylic acids is 1. The van der Waals surface area contributed by atoms with Crippen LogP contribution in [0.15, 0.2) is 85.2 Å². The molecule has 1 heterocycles. The highest BCUT2D eigenvalue weighted by atomic mass is 16.4. The zero-order valence-corrected chi connectivity index (χ0v) is 18.3. The lowest BCUT2D eigenvalue weighted by Gasteiger charge is -2.28. The molecule has 2 amide bonds. The Morgan fingerprint density at radius 3 is 1.82 bits per heavy atom. The predicted molar refractivity (Wildman–Crippen MR) is 126 cm³/mol. The number of rotatable bonds is 11. The minimum atomic E-state index is -1.24. The molecular formula is C26H27N3O4. The van der Waals surface area contributed by atoms with Gasteiger partial charge < -0.3 is 10.4 Å². The van der Waals surface area contributed by atoms with E-state index < -0.39 is 23.8 Å². The summed E-state index contributed by atoms with van der Waals surface area (Å²) >= 11 is 0. The highest BCUT2D eigenvalue weighted by Crippen LogP contribution is 2.15. The van der Waals surface area contributed by atoms with Crippen molar-refractivity contribution in [1.82, 2.24) is 9.88 Å². The topological polar surface area (TPSA) is 99.6 Å². The van der Waals surface area contributed by atoms with Crippen molar-refractivity contribution in [2.45, 2.75) is 31.7 Å². The average molecular weight is 446 g/mol. The summed E-state index contributed by atoms with van der Waals surface area (Å²) in [5.74, 6) is -2.23. The number of carbonyl (C=O) groups excluding carboxylic acids is 2. The zero-order chi connectivity index (χ0) is 23.5. The van der Waals surface area contributed by atoms with Crippen molar-refractivity contribution in [3.05, 3.63) is 96.3 Å². The molecule has 2 N–H and O–H groups in total. The van der Waals surface area contributed by atoms with E-state index in [1.165, 1.54) is 0 Å². The van der Waals surface area contributed by atoms with Crippen molar-refractivity contribution in [2.75, 3.05) is 11.9 Å². The van der Waals surface area contributed by atoms with Crippen LogP contribution in [0.5, 0.6) is 0 Å². The minimum absolute atomic E-state index is 0.0413. The second-order valence-corrected chi connectivity index (χ2v) is 7.64. The molecule has 0 aliphatic heterocycles. The van der Waals surface area contributed by atoms with Crippen LogP contribution in [0.25, 0.3) is 0 Å². The van der Waals surface area contributed by atoms with Gasteiger partial charge in [-0.3, -0.25) is 19.5 Å². The number of nitrogens with zero attached hydrogens (tertiary/aromatic N) is 2. The second kappa shape index (κ2) is 12.1. The normalized spacial score (nSPS) is 11.4. The lowest BCUT2D eigenvalue weighted by atomic mass is 10.0. The molecule has 0 saturated carbocycles. The van der Waals surface area contributed by atoms with E-state index in [1.54, 1.807) is 60.9 Å². The van der Waals surface area contributed by atoms with Crippen molar-refractivity contribution in [3.8, 4) is 0 Å². The fraction of sp³-hybridized carbons (Fsp3) is 0.231. The van der Waals surface area contributed by atoms with Gasteiger partial charge in [-0.15, -0.1) is 0 Å². The Morgan fingerprint density at radius 2 is 1.33 bits per heavy atom. The first-order chi connectivity index (χ1) is 16.0. The first kappa shape index (κ1) is 23.7. The van der Waals surface area contributed by atoms with Gasteiger partial charge in [0.1, 0.15) is 6.04 Å². The summed E-state index contributed by atoms with van der Waals surface area (Å²) in [7, 11) is 0. The van der Waals surface area contributed by atoms with Crippen LogP contribution in [0.2, 0.25) is 0 Å². The monoisotopic (exact) mass is 445 g/mol. The molecule has 0 aliphatic rings. The second-order valence-electron chi connectivity index (χ2n) is 7.64. The number of carboxylic acid groups (broad SMARTS) is 1. The Kier molecular flexibility index (Phi) is 8.71. The summed E-state index contributed by atoms with van der Waals surface area (Å²) in [6.45, 7) is 0.501. The maximum atomic E-state index is 13.2. The summed E-state index contributed by atoms with van der Waals surface area (Å²) < 4.78 is 0. The Morgan fingerprint density at radius 1 is 0.818 bits per heavy atom. The summed E-state index contributed by atoms with van der Waals surface area (Å²) in [4.78, 5) is 43.4. The largest absolute Gasteiger partial charge is 0.480 e. The smallest absolute Gasteiger partial charge is 0.326 e. The molecular weight excluding hydrogens is 418 g/mol. The third-order valence-corrected chi connectivity index (χ3v) is 5.19. The minimum Gasteiger partial charge on any atom is -0.480 e. The van der Waals surface area contributed by atoms with Crippen molar-refractivity contribution in [3.63, 3.8) is 0 Å². The number of hydrogen-bond acceptors (Lipinski definition) is 5. The van der Waals surface area contributed by atoms with E-state index >= 15 is 0 Å². The van der Waals surface area contributed by atoms with Gasteiger partial charge in [-0.1, -0.05) is 60.7 Å². The number of carbonyl (C=O) groups is 3. The molecule has 1 atom stereocenters.